The van der Waals surface area contributed by atoms with E-state index in [-0.39, 0.29) is 23.8 Å². The topological polar surface area (TPSA) is 75.6 Å². The summed E-state index contributed by atoms with van der Waals surface area (Å²) in [7, 11) is 0. The number of phenolic OH excluding ortho intramolecular Hbond substituents is 1. The SMILES string of the molecule is CCCCCCNC(=O)COC(=O)c1cc(Cl)ccc1O. The summed E-state index contributed by atoms with van der Waals surface area (Å²) in [5, 5.41) is 12.5. The van der Waals surface area contributed by atoms with Crippen LogP contribution < -0.4 is 5.32 Å². The molecule has 0 spiro atoms. The van der Waals surface area contributed by atoms with Crippen molar-refractivity contribution < 1.29 is 19.4 Å². The van der Waals surface area contributed by atoms with Crippen molar-refractivity contribution in [2.24, 2.45) is 0 Å². The van der Waals surface area contributed by atoms with Crippen LogP contribution in [-0.2, 0) is 9.53 Å². The predicted octanol–water partition coefficient (Wildman–Crippen LogP) is 2.90. The van der Waals surface area contributed by atoms with Gasteiger partial charge in [0.05, 0.1) is 0 Å². The second-order valence-corrected chi connectivity index (χ2v) is 5.08. The molecule has 1 aromatic carbocycles. The molecular weight excluding hydrogens is 294 g/mol. The maximum Gasteiger partial charge on any atom is 0.342 e. The van der Waals surface area contributed by atoms with Gasteiger partial charge in [-0.1, -0.05) is 37.8 Å². The van der Waals surface area contributed by atoms with Crippen LogP contribution >= 0.6 is 11.6 Å². The summed E-state index contributed by atoms with van der Waals surface area (Å²) in [5.41, 5.74) is -0.0572. The van der Waals surface area contributed by atoms with E-state index in [1.807, 2.05) is 0 Å². The predicted molar refractivity (Wildman–Crippen MR) is 80.6 cm³/mol. The number of ether oxygens (including phenoxy) is 1. The Morgan fingerprint density at radius 1 is 1.29 bits per heavy atom. The Balaban J connectivity index is 2.32. The Bertz CT molecular complexity index is 491. The Morgan fingerprint density at radius 2 is 2.05 bits per heavy atom. The van der Waals surface area contributed by atoms with E-state index >= 15 is 0 Å². The number of carbonyl (C=O) groups is 2. The molecule has 2 N–H and O–H groups in total. The monoisotopic (exact) mass is 313 g/mol. The first-order valence-electron chi connectivity index (χ1n) is 6.97. The molecule has 0 aliphatic rings. The van der Waals surface area contributed by atoms with Crippen molar-refractivity contribution in [2.75, 3.05) is 13.2 Å². The van der Waals surface area contributed by atoms with E-state index in [1.165, 1.54) is 18.2 Å². The van der Waals surface area contributed by atoms with Crippen molar-refractivity contribution in [3.05, 3.63) is 28.8 Å². The first kappa shape index (κ1) is 17.3. The minimum atomic E-state index is -0.781. The van der Waals surface area contributed by atoms with Crippen molar-refractivity contribution in [3.63, 3.8) is 0 Å². The smallest absolute Gasteiger partial charge is 0.342 e. The molecule has 0 fully saturated rings. The van der Waals surface area contributed by atoms with Gasteiger partial charge in [0, 0.05) is 11.6 Å². The zero-order valence-corrected chi connectivity index (χ0v) is 12.8. The molecule has 116 valence electrons. The minimum absolute atomic E-state index is 0.0572. The molecule has 1 rings (SSSR count). The van der Waals surface area contributed by atoms with Gasteiger partial charge < -0.3 is 15.2 Å². The van der Waals surface area contributed by atoms with Crippen molar-refractivity contribution in [1.82, 2.24) is 5.32 Å². The Morgan fingerprint density at radius 3 is 2.76 bits per heavy atom. The number of hydrogen-bond acceptors (Lipinski definition) is 4. The maximum atomic E-state index is 11.7. The van der Waals surface area contributed by atoms with Gasteiger partial charge in [0.2, 0.25) is 0 Å². The van der Waals surface area contributed by atoms with Crippen LogP contribution in [0.25, 0.3) is 0 Å². The van der Waals surface area contributed by atoms with E-state index in [0.29, 0.717) is 11.6 Å². The molecule has 0 unspecified atom stereocenters. The Hall–Kier alpha value is -1.75. The number of phenols is 1. The molecule has 5 nitrogen and oxygen atoms in total. The molecule has 0 aliphatic heterocycles. The lowest BCUT2D eigenvalue weighted by Gasteiger charge is -2.07. The molecule has 0 radical (unpaired) electrons. The molecule has 1 amide bonds. The normalized spacial score (nSPS) is 10.2. The van der Waals surface area contributed by atoms with Crippen molar-refractivity contribution >= 4 is 23.5 Å². The van der Waals surface area contributed by atoms with Gasteiger partial charge in [0.25, 0.3) is 5.91 Å². The van der Waals surface area contributed by atoms with Crippen LogP contribution in [0.15, 0.2) is 18.2 Å². The number of esters is 1. The first-order valence-corrected chi connectivity index (χ1v) is 7.34. The fraction of sp³-hybridized carbons (Fsp3) is 0.467. The largest absolute Gasteiger partial charge is 0.507 e. The Labute approximate surface area is 129 Å². The van der Waals surface area contributed by atoms with Crippen LogP contribution in [-0.4, -0.2) is 30.1 Å². The summed E-state index contributed by atoms with van der Waals surface area (Å²) >= 11 is 5.74. The summed E-state index contributed by atoms with van der Waals surface area (Å²) in [4.78, 5) is 23.2. The standard InChI is InChI=1S/C15H20ClNO4/c1-2-3-4-5-8-17-14(19)10-21-15(20)12-9-11(16)6-7-13(12)18/h6-7,9,18H,2-5,8,10H2,1H3,(H,17,19). The second-order valence-electron chi connectivity index (χ2n) is 4.65. The number of halogens is 1. The number of carbonyl (C=O) groups excluding carboxylic acids is 2. The number of amides is 1. The number of rotatable bonds is 8. The van der Waals surface area contributed by atoms with Crippen molar-refractivity contribution in [2.45, 2.75) is 32.6 Å². The van der Waals surface area contributed by atoms with Crippen LogP contribution in [0.4, 0.5) is 0 Å². The van der Waals surface area contributed by atoms with Crippen LogP contribution in [0.2, 0.25) is 5.02 Å². The van der Waals surface area contributed by atoms with Gasteiger partial charge in [-0.3, -0.25) is 4.79 Å². The highest BCUT2D eigenvalue weighted by atomic mass is 35.5. The van der Waals surface area contributed by atoms with E-state index in [9.17, 15) is 14.7 Å². The van der Waals surface area contributed by atoms with E-state index in [4.69, 9.17) is 16.3 Å². The van der Waals surface area contributed by atoms with Gasteiger partial charge in [0.1, 0.15) is 11.3 Å². The number of nitrogens with one attached hydrogen (secondary N) is 1. The summed E-state index contributed by atoms with van der Waals surface area (Å²) in [5.74, 6) is -1.37. The minimum Gasteiger partial charge on any atom is -0.507 e. The average molecular weight is 314 g/mol. The zero-order valence-electron chi connectivity index (χ0n) is 12.0. The molecule has 0 heterocycles. The summed E-state index contributed by atoms with van der Waals surface area (Å²) in [6.07, 6.45) is 4.24. The number of unbranched alkanes of at least 4 members (excludes halogenated alkanes) is 3. The van der Waals surface area contributed by atoms with Gasteiger partial charge in [-0.15, -0.1) is 0 Å². The van der Waals surface area contributed by atoms with Gasteiger partial charge >= 0.3 is 5.97 Å². The molecule has 0 saturated carbocycles. The molecule has 0 aromatic heterocycles. The maximum absolute atomic E-state index is 11.7. The van der Waals surface area contributed by atoms with Crippen LogP contribution in [0, 0.1) is 0 Å². The number of hydrogen-bond donors (Lipinski definition) is 2. The fourth-order valence-electron chi connectivity index (χ4n) is 1.71. The quantitative estimate of drug-likeness (QED) is 0.571. The van der Waals surface area contributed by atoms with Crippen LogP contribution in [0.3, 0.4) is 0 Å². The van der Waals surface area contributed by atoms with Crippen molar-refractivity contribution in [3.8, 4) is 5.75 Å². The summed E-state index contributed by atoms with van der Waals surface area (Å²) in [6, 6.07) is 4.05. The lowest BCUT2D eigenvalue weighted by Crippen LogP contribution is -2.29. The van der Waals surface area contributed by atoms with Crippen LogP contribution in [0.5, 0.6) is 5.75 Å². The highest BCUT2D eigenvalue weighted by molar-refractivity contribution is 6.31. The number of benzene rings is 1. The molecule has 0 aliphatic carbocycles. The van der Waals surface area contributed by atoms with Crippen molar-refractivity contribution in [1.29, 1.82) is 0 Å². The third kappa shape index (κ3) is 6.49. The van der Waals surface area contributed by atoms with Gasteiger partial charge in [-0.25, -0.2) is 4.79 Å². The molecule has 6 heteroatoms. The summed E-state index contributed by atoms with van der Waals surface area (Å²) in [6.45, 7) is 2.31. The third-order valence-electron chi connectivity index (χ3n) is 2.87. The summed E-state index contributed by atoms with van der Waals surface area (Å²) < 4.78 is 4.83. The Kier molecular flexibility index (Phi) is 7.61. The van der Waals surface area contributed by atoms with E-state index < -0.39 is 5.97 Å². The molecule has 0 saturated heterocycles. The first-order chi connectivity index (χ1) is 10.0. The highest BCUT2D eigenvalue weighted by Gasteiger charge is 2.14. The highest BCUT2D eigenvalue weighted by Crippen LogP contribution is 2.22. The molecule has 0 atom stereocenters. The van der Waals surface area contributed by atoms with Gasteiger partial charge in [-0.2, -0.15) is 0 Å². The van der Waals surface area contributed by atoms with E-state index in [2.05, 4.69) is 12.2 Å². The second kappa shape index (κ2) is 9.23. The third-order valence-corrected chi connectivity index (χ3v) is 3.10. The molecule has 0 bridgehead atoms. The lowest BCUT2D eigenvalue weighted by atomic mass is 10.2. The molecular formula is C15H20ClNO4. The molecule has 21 heavy (non-hydrogen) atoms. The van der Waals surface area contributed by atoms with E-state index in [0.717, 1.165) is 25.7 Å². The van der Waals surface area contributed by atoms with Crippen LogP contribution in [0.1, 0.15) is 43.0 Å². The lowest BCUT2D eigenvalue weighted by molar-refractivity contribution is -0.124. The fourth-order valence-corrected chi connectivity index (χ4v) is 1.88. The number of aromatic hydroxyl groups is 1. The van der Waals surface area contributed by atoms with Gasteiger partial charge in [0.15, 0.2) is 6.61 Å². The van der Waals surface area contributed by atoms with E-state index in [1.54, 1.807) is 0 Å². The zero-order chi connectivity index (χ0) is 15.7. The molecule has 1 aromatic rings. The average Bonchev–Trinajstić information content (AvgIpc) is 2.47. The van der Waals surface area contributed by atoms with Gasteiger partial charge in [-0.05, 0) is 24.6 Å².